The van der Waals surface area contributed by atoms with E-state index in [4.69, 9.17) is 39.9 Å². The molecular weight excluding hydrogens is 502 g/mol. The van der Waals surface area contributed by atoms with Crippen molar-refractivity contribution in [3.8, 4) is 0 Å². The van der Waals surface area contributed by atoms with Crippen LogP contribution in [0.15, 0.2) is 47.6 Å². The van der Waals surface area contributed by atoms with Gasteiger partial charge in [0.2, 0.25) is 0 Å². The fourth-order valence-corrected chi connectivity index (χ4v) is 5.99. The Hall–Kier alpha value is -1.50. The minimum Gasteiger partial charge on any atom is -0.284 e. The molecule has 4 atom stereocenters. The van der Waals surface area contributed by atoms with Crippen molar-refractivity contribution in [2.45, 2.75) is 32.2 Å². The number of hydrogen-bond acceptors (Lipinski definition) is 4. The Kier molecular flexibility index (Phi) is 7.47. The van der Waals surface area contributed by atoms with Gasteiger partial charge in [-0.15, -0.1) is 12.4 Å². The second-order valence-electron chi connectivity index (χ2n) is 9.01. The fourth-order valence-electron chi connectivity index (χ4n) is 5.37. The molecule has 5 rings (SSSR count). The number of rotatable bonds is 4. The molecule has 4 unspecified atom stereocenters. The van der Waals surface area contributed by atoms with E-state index in [1.54, 1.807) is 12.1 Å². The first-order chi connectivity index (χ1) is 15.4. The average molecular weight is 528 g/mol. The van der Waals surface area contributed by atoms with E-state index >= 15 is 0 Å². The molecule has 2 fully saturated rings. The van der Waals surface area contributed by atoms with Crippen LogP contribution in [0.2, 0.25) is 15.1 Å². The number of halogens is 4. The van der Waals surface area contributed by atoms with E-state index in [0.717, 1.165) is 18.7 Å². The SMILES string of the molecule is CC1C(C(=O)NN2CC3CCCC3C2)=NN(c2ccc(Cl)cc2Cl)C1c1ccc(Cl)cc1.Cl. The van der Waals surface area contributed by atoms with Crippen LogP contribution in [0.25, 0.3) is 0 Å². The summed E-state index contributed by atoms with van der Waals surface area (Å²) in [6.45, 7) is 3.87. The number of hydrazone groups is 1. The summed E-state index contributed by atoms with van der Waals surface area (Å²) in [5, 5.41) is 10.4. The van der Waals surface area contributed by atoms with Gasteiger partial charge in [0.05, 0.1) is 16.8 Å². The number of nitrogens with zero attached hydrogens (tertiary/aromatic N) is 3. The molecule has 2 heterocycles. The third kappa shape index (κ3) is 4.85. The molecule has 176 valence electrons. The summed E-state index contributed by atoms with van der Waals surface area (Å²) >= 11 is 18.8. The second-order valence-corrected chi connectivity index (χ2v) is 10.3. The van der Waals surface area contributed by atoms with Crippen molar-refractivity contribution in [1.29, 1.82) is 0 Å². The molecular formula is C24H26Cl4N4O. The topological polar surface area (TPSA) is 47.9 Å². The van der Waals surface area contributed by atoms with Crippen LogP contribution in [0.3, 0.4) is 0 Å². The number of hydrogen-bond donors (Lipinski definition) is 1. The van der Waals surface area contributed by atoms with Crippen LogP contribution in [0.4, 0.5) is 5.69 Å². The molecule has 3 aliphatic rings. The molecule has 2 aromatic carbocycles. The van der Waals surface area contributed by atoms with Crippen molar-refractivity contribution in [3.05, 3.63) is 63.1 Å². The summed E-state index contributed by atoms with van der Waals surface area (Å²) in [5.74, 6) is 1.10. The number of amides is 1. The largest absolute Gasteiger partial charge is 0.284 e. The highest BCUT2D eigenvalue weighted by Gasteiger charge is 2.42. The molecule has 0 radical (unpaired) electrons. The minimum absolute atomic E-state index is 0. The first-order valence-electron chi connectivity index (χ1n) is 11.0. The third-order valence-electron chi connectivity index (χ3n) is 6.97. The lowest BCUT2D eigenvalue weighted by Crippen LogP contribution is -2.45. The summed E-state index contributed by atoms with van der Waals surface area (Å²) in [6, 6.07) is 12.8. The molecule has 1 saturated heterocycles. The van der Waals surface area contributed by atoms with Crippen molar-refractivity contribution in [1.82, 2.24) is 10.4 Å². The van der Waals surface area contributed by atoms with Gasteiger partial charge in [-0.3, -0.25) is 15.2 Å². The molecule has 0 spiro atoms. The Morgan fingerprint density at radius 3 is 2.27 bits per heavy atom. The predicted octanol–water partition coefficient (Wildman–Crippen LogP) is 6.39. The predicted molar refractivity (Wildman–Crippen MR) is 138 cm³/mol. The minimum atomic E-state index is -0.190. The van der Waals surface area contributed by atoms with E-state index in [9.17, 15) is 4.79 Å². The Bertz CT molecular complexity index is 1050. The lowest BCUT2D eigenvalue weighted by molar-refractivity contribution is -0.119. The van der Waals surface area contributed by atoms with Crippen molar-refractivity contribution >= 4 is 64.5 Å². The Morgan fingerprint density at radius 1 is 1.00 bits per heavy atom. The molecule has 0 bridgehead atoms. The normalized spacial score (nSPS) is 26.7. The maximum absolute atomic E-state index is 13.3. The Labute approximate surface area is 215 Å². The van der Waals surface area contributed by atoms with Crippen LogP contribution < -0.4 is 10.4 Å². The van der Waals surface area contributed by atoms with Gasteiger partial charge in [-0.05, 0) is 60.6 Å². The molecule has 0 aromatic heterocycles. The van der Waals surface area contributed by atoms with Crippen LogP contribution in [0, 0.1) is 17.8 Å². The molecule has 1 aliphatic carbocycles. The van der Waals surface area contributed by atoms with Gasteiger partial charge in [0, 0.05) is 29.1 Å². The summed E-state index contributed by atoms with van der Waals surface area (Å²) in [5.41, 5.74) is 5.33. The third-order valence-corrected chi connectivity index (χ3v) is 7.76. The first-order valence-corrected chi connectivity index (χ1v) is 12.2. The lowest BCUT2D eigenvalue weighted by atomic mass is 9.91. The monoisotopic (exact) mass is 526 g/mol. The number of benzene rings is 2. The van der Waals surface area contributed by atoms with Gasteiger partial charge in [-0.25, -0.2) is 5.01 Å². The summed E-state index contributed by atoms with van der Waals surface area (Å²) in [6.07, 6.45) is 3.83. The zero-order valence-corrected chi connectivity index (χ0v) is 21.3. The van der Waals surface area contributed by atoms with Crippen LogP contribution in [-0.2, 0) is 4.79 Å². The van der Waals surface area contributed by atoms with Gasteiger partial charge >= 0.3 is 0 Å². The summed E-state index contributed by atoms with van der Waals surface area (Å²) < 4.78 is 0. The smallest absolute Gasteiger partial charge is 0.282 e. The highest BCUT2D eigenvalue weighted by Crippen LogP contribution is 2.43. The molecule has 2 aromatic rings. The van der Waals surface area contributed by atoms with Gasteiger partial charge < -0.3 is 0 Å². The molecule has 9 heteroatoms. The van der Waals surface area contributed by atoms with Gasteiger partial charge in [0.15, 0.2) is 0 Å². The van der Waals surface area contributed by atoms with Crippen molar-refractivity contribution in [2.75, 3.05) is 18.1 Å². The van der Waals surface area contributed by atoms with Crippen LogP contribution >= 0.6 is 47.2 Å². The Balaban J connectivity index is 0.00000259. The van der Waals surface area contributed by atoms with E-state index in [-0.39, 0.29) is 30.3 Å². The number of carbonyl (C=O) groups is 1. The number of hydrazine groups is 1. The quantitative estimate of drug-likeness (QED) is 0.501. The van der Waals surface area contributed by atoms with E-state index < -0.39 is 0 Å². The second kappa shape index (κ2) is 10.0. The zero-order valence-electron chi connectivity index (χ0n) is 18.2. The number of anilines is 1. The van der Waals surface area contributed by atoms with E-state index in [0.29, 0.717) is 38.3 Å². The summed E-state index contributed by atoms with van der Waals surface area (Å²) in [4.78, 5) is 13.3. The highest BCUT2D eigenvalue weighted by atomic mass is 35.5. The number of nitrogens with one attached hydrogen (secondary N) is 1. The maximum atomic E-state index is 13.3. The highest BCUT2D eigenvalue weighted by molar-refractivity contribution is 6.41. The molecule has 33 heavy (non-hydrogen) atoms. The van der Waals surface area contributed by atoms with Crippen molar-refractivity contribution in [2.24, 2.45) is 22.9 Å². The van der Waals surface area contributed by atoms with Gasteiger partial charge in [0.25, 0.3) is 5.91 Å². The van der Waals surface area contributed by atoms with Crippen molar-refractivity contribution in [3.63, 3.8) is 0 Å². The maximum Gasteiger partial charge on any atom is 0.282 e. The van der Waals surface area contributed by atoms with Gasteiger partial charge in [0.1, 0.15) is 5.71 Å². The lowest BCUT2D eigenvalue weighted by Gasteiger charge is -2.27. The Morgan fingerprint density at radius 2 is 1.64 bits per heavy atom. The number of fused-ring (bicyclic) bond motifs is 1. The zero-order chi connectivity index (χ0) is 22.4. The van der Waals surface area contributed by atoms with E-state index in [2.05, 4.69) is 10.4 Å². The van der Waals surface area contributed by atoms with Crippen LogP contribution in [0.1, 0.15) is 37.8 Å². The van der Waals surface area contributed by atoms with Crippen molar-refractivity contribution < 1.29 is 4.79 Å². The fraction of sp³-hybridized carbons (Fsp3) is 0.417. The van der Waals surface area contributed by atoms with Crippen LogP contribution in [0.5, 0.6) is 0 Å². The van der Waals surface area contributed by atoms with E-state index in [1.807, 2.05) is 42.3 Å². The van der Waals surface area contributed by atoms with E-state index in [1.165, 1.54) is 19.3 Å². The average Bonchev–Trinajstić information content (AvgIpc) is 3.42. The molecule has 5 nitrogen and oxygen atoms in total. The van der Waals surface area contributed by atoms with Gasteiger partial charge in [-0.2, -0.15) is 5.10 Å². The van der Waals surface area contributed by atoms with Crippen LogP contribution in [-0.4, -0.2) is 29.7 Å². The standard InChI is InChI=1S/C24H25Cl3N4O.ClH/c1-14-22(24(32)29-30-12-16-3-2-4-17(16)13-30)28-31(21-10-9-19(26)11-20(21)27)23(14)15-5-7-18(25)8-6-15;/h5-11,14,16-17,23H,2-4,12-13H2,1H3,(H,29,32);1H. The number of carbonyl (C=O) groups excluding carboxylic acids is 1. The molecule has 2 aliphatic heterocycles. The molecule has 1 saturated carbocycles. The first kappa shape index (κ1) is 24.6. The molecule has 1 N–H and O–H groups in total. The van der Waals surface area contributed by atoms with Gasteiger partial charge in [-0.1, -0.05) is 60.3 Å². The molecule has 1 amide bonds. The summed E-state index contributed by atoms with van der Waals surface area (Å²) in [7, 11) is 0.